The first-order valence-electron chi connectivity index (χ1n) is 10.1. The Bertz CT molecular complexity index is 1250. The molecule has 0 aliphatic heterocycles. The number of fused-ring (bicyclic) bond motifs is 2. The summed E-state index contributed by atoms with van der Waals surface area (Å²) in [6, 6.07) is 6.03. The van der Waals surface area contributed by atoms with Crippen molar-refractivity contribution in [3.8, 4) is 5.75 Å². The molecular formula is C21H21I2N6O2-. The van der Waals surface area contributed by atoms with Crippen LogP contribution in [0, 0.1) is 0 Å². The fourth-order valence-corrected chi connectivity index (χ4v) is 8.43. The van der Waals surface area contributed by atoms with Gasteiger partial charge >= 0.3 is 155 Å². The molecule has 0 saturated heterocycles. The molecule has 10 heteroatoms. The average Bonchev–Trinajstić information content (AvgIpc) is 3.42. The van der Waals surface area contributed by atoms with Gasteiger partial charge in [-0.1, -0.05) is 0 Å². The van der Waals surface area contributed by atoms with Crippen molar-refractivity contribution in [1.29, 1.82) is 0 Å². The number of aromatic nitrogens is 5. The van der Waals surface area contributed by atoms with E-state index in [-0.39, 0.29) is 5.91 Å². The van der Waals surface area contributed by atoms with Gasteiger partial charge < -0.3 is 0 Å². The van der Waals surface area contributed by atoms with E-state index < -0.39 is 0 Å². The molecule has 1 N–H and O–H groups in total. The van der Waals surface area contributed by atoms with Crippen LogP contribution in [0.2, 0.25) is 0 Å². The average molecular weight is 643 g/mol. The smallest absolute Gasteiger partial charge is 0.236 e. The second-order valence-electron chi connectivity index (χ2n) is 7.61. The van der Waals surface area contributed by atoms with Crippen LogP contribution in [0.4, 0.5) is 5.69 Å². The third kappa shape index (κ3) is 4.11. The molecular weight excluding hydrogens is 622 g/mol. The van der Waals surface area contributed by atoms with E-state index >= 15 is 0 Å². The second kappa shape index (κ2) is 8.88. The van der Waals surface area contributed by atoms with Crippen LogP contribution < -0.4 is 27.3 Å². The normalized spacial score (nSPS) is 19.2. The summed E-state index contributed by atoms with van der Waals surface area (Å²) >= 11 is 2.90. The molecule has 1 saturated carbocycles. The van der Waals surface area contributed by atoms with Crippen molar-refractivity contribution in [2.45, 2.75) is 35.6 Å². The summed E-state index contributed by atoms with van der Waals surface area (Å²) in [5.74, 6) is 0.299. The number of halogens is 2. The van der Waals surface area contributed by atoms with E-state index in [1.807, 2.05) is 12.1 Å². The van der Waals surface area contributed by atoms with Gasteiger partial charge in [0.15, 0.2) is 5.65 Å². The van der Waals surface area contributed by atoms with Crippen LogP contribution in [0.1, 0.15) is 42.1 Å². The van der Waals surface area contributed by atoms with Gasteiger partial charge in [-0.2, -0.15) is 5.10 Å². The van der Waals surface area contributed by atoms with Gasteiger partial charge in [0.1, 0.15) is 0 Å². The molecule has 0 spiro atoms. The Morgan fingerprint density at radius 2 is 2.13 bits per heavy atom. The predicted octanol–water partition coefficient (Wildman–Crippen LogP) is 1.26. The number of amides is 1. The standard InChI is InChI=1S/C21H21I2N6O2/c1-31-19-10-17-13(12-29(27-17)15-5-3-14(23-22)4-6-15)9-18(19)26-21(30)16-11-25-28-8-2-7-24-20(16)28/h2,7-12,14-15H,3-6H2,1H3,(H,26,30)/q-1. The van der Waals surface area contributed by atoms with E-state index in [4.69, 9.17) is 9.84 Å². The van der Waals surface area contributed by atoms with E-state index in [2.05, 4.69) is 44.9 Å². The summed E-state index contributed by atoms with van der Waals surface area (Å²) in [6.07, 6.45) is 12.0. The van der Waals surface area contributed by atoms with E-state index in [0.29, 0.717) is 45.9 Å². The number of benzene rings is 1. The summed E-state index contributed by atoms with van der Waals surface area (Å²) in [4.78, 5) is 17.2. The summed E-state index contributed by atoms with van der Waals surface area (Å²) in [5, 5.41) is 12.9. The van der Waals surface area contributed by atoms with E-state index in [1.165, 1.54) is 31.9 Å². The number of methoxy groups -OCH3 is 1. The first kappa shape index (κ1) is 20.9. The van der Waals surface area contributed by atoms with Gasteiger partial charge in [0.25, 0.3) is 0 Å². The molecule has 31 heavy (non-hydrogen) atoms. The zero-order valence-corrected chi connectivity index (χ0v) is 21.1. The van der Waals surface area contributed by atoms with Crippen LogP contribution in [0.5, 0.6) is 5.75 Å². The van der Waals surface area contributed by atoms with Crippen molar-refractivity contribution in [2.75, 3.05) is 12.4 Å². The zero-order chi connectivity index (χ0) is 21.4. The van der Waals surface area contributed by atoms with E-state index in [0.717, 1.165) is 14.8 Å². The van der Waals surface area contributed by atoms with Gasteiger partial charge in [-0.15, -0.1) is 0 Å². The minimum atomic E-state index is -0.279. The Labute approximate surface area is 199 Å². The molecule has 1 fully saturated rings. The Morgan fingerprint density at radius 1 is 1.29 bits per heavy atom. The molecule has 1 aromatic carbocycles. The van der Waals surface area contributed by atoms with Crippen LogP contribution >= 0.6 is 18.6 Å². The third-order valence-electron chi connectivity index (χ3n) is 5.73. The Kier molecular flexibility index (Phi) is 5.99. The van der Waals surface area contributed by atoms with Crippen LogP contribution in [0.25, 0.3) is 16.6 Å². The molecule has 5 rings (SSSR count). The Balaban J connectivity index is 1.42. The monoisotopic (exact) mass is 643 g/mol. The summed E-state index contributed by atoms with van der Waals surface area (Å²) in [5.41, 5.74) is 2.40. The first-order chi connectivity index (χ1) is 15.2. The number of alkyl halides is 1. The van der Waals surface area contributed by atoms with Crippen molar-refractivity contribution in [3.63, 3.8) is 0 Å². The third-order valence-corrected chi connectivity index (χ3v) is 12.1. The van der Waals surface area contributed by atoms with Crippen molar-refractivity contribution in [3.05, 3.63) is 48.5 Å². The minimum absolute atomic E-state index is 0.279. The van der Waals surface area contributed by atoms with Crippen molar-refractivity contribution in [2.24, 2.45) is 0 Å². The fourth-order valence-electron chi connectivity index (χ4n) is 4.08. The quantitative estimate of drug-likeness (QED) is 0.262. The first-order valence-corrected chi connectivity index (χ1v) is 17.6. The number of carbonyl (C=O) groups is 1. The predicted molar refractivity (Wildman–Crippen MR) is 123 cm³/mol. The molecule has 0 atom stereocenters. The molecule has 1 aliphatic carbocycles. The van der Waals surface area contributed by atoms with E-state index in [1.54, 1.807) is 30.1 Å². The molecule has 3 aromatic heterocycles. The molecule has 1 aliphatic rings. The minimum Gasteiger partial charge on any atom is -0.236 e. The Hall–Kier alpha value is -1.96. The molecule has 0 unspecified atom stereocenters. The molecule has 8 nitrogen and oxygen atoms in total. The van der Waals surface area contributed by atoms with Gasteiger partial charge in [0.05, 0.1) is 6.20 Å². The number of ether oxygens (including phenoxy) is 1. The Morgan fingerprint density at radius 3 is 2.90 bits per heavy atom. The number of rotatable bonds is 5. The topological polar surface area (TPSA) is 86.3 Å². The summed E-state index contributed by atoms with van der Waals surface area (Å²) < 4.78 is 10.2. The van der Waals surface area contributed by atoms with Gasteiger partial charge in [-0.25, -0.2) is 9.50 Å². The number of nitrogens with one attached hydrogen (secondary N) is 1. The van der Waals surface area contributed by atoms with Gasteiger partial charge in [-0.3, -0.25) is 0 Å². The SMILES string of the molecule is COc1cc2nn(C3CCC([I-]I)CC3)cc2cc1NC(=O)c1cnn2cccnc12. The van der Waals surface area contributed by atoms with Crippen molar-refractivity contribution >= 4 is 46.8 Å². The molecule has 0 bridgehead atoms. The van der Waals surface area contributed by atoms with Crippen LogP contribution in [-0.4, -0.2) is 41.3 Å². The van der Waals surface area contributed by atoms with Crippen LogP contribution in [0.15, 0.2) is 43.0 Å². The van der Waals surface area contributed by atoms with Crippen LogP contribution in [0.3, 0.4) is 0 Å². The molecule has 4 aromatic rings. The molecule has 162 valence electrons. The van der Waals surface area contributed by atoms with Gasteiger partial charge in [0, 0.05) is 12.4 Å². The number of nitrogens with zero attached hydrogens (tertiary/aromatic N) is 5. The van der Waals surface area contributed by atoms with Gasteiger partial charge in [-0.05, 0) is 6.07 Å². The summed E-state index contributed by atoms with van der Waals surface area (Å²) in [6.45, 7) is 0. The maximum absolute atomic E-state index is 12.9. The van der Waals surface area contributed by atoms with Crippen LogP contribution in [-0.2, 0) is 0 Å². The van der Waals surface area contributed by atoms with Crippen molar-refractivity contribution in [1.82, 2.24) is 24.4 Å². The number of hydrogen-bond donors (Lipinski definition) is 1. The molecule has 0 radical (unpaired) electrons. The molecule has 1 amide bonds. The number of anilines is 1. The number of carbonyl (C=O) groups excluding carboxylic acids is 1. The number of hydrogen-bond acceptors (Lipinski definition) is 5. The molecule has 3 heterocycles. The zero-order valence-electron chi connectivity index (χ0n) is 16.8. The van der Waals surface area contributed by atoms with Crippen molar-refractivity contribution < 1.29 is 26.8 Å². The summed E-state index contributed by atoms with van der Waals surface area (Å²) in [7, 11) is 1.60. The van der Waals surface area contributed by atoms with Gasteiger partial charge in [0.2, 0.25) is 0 Å². The maximum atomic E-state index is 12.9. The van der Waals surface area contributed by atoms with E-state index in [9.17, 15) is 4.79 Å². The fraction of sp³-hybridized carbons (Fsp3) is 0.333. The second-order valence-corrected chi connectivity index (χ2v) is 13.0.